The van der Waals surface area contributed by atoms with Gasteiger partial charge in [-0.15, -0.1) is 11.3 Å². The van der Waals surface area contributed by atoms with Crippen LogP contribution in [0, 0.1) is 0 Å². The molecule has 0 fully saturated rings. The van der Waals surface area contributed by atoms with Crippen LogP contribution >= 0.6 is 11.3 Å². The van der Waals surface area contributed by atoms with E-state index in [0.717, 1.165) is 22.1 Å². The lowest BCUT2D eigenvalue weighted by Crippen LogP contribution is -2.12. The maximum atomic E-state index is 4.59. The Bertz CT molecular complexity index is 488. The van der Waals surface area contributed by atoms with Crippen LogP contribution in [0.15, 0.2) is 48.0 Å². The number of allylic oxidation sites excluding steroid dienone is 1. The quantitative estimate of drug-likeness (QED) is 0.797. The summed E-state index contributed by atoms with van der Waals surface area (Å²) >= 11 is 1.63. The first-order valence-electron chi connectivity index (χ1n) is 5.08. The average molecular weight is 230 g/mol. The normalized spacial score (nSPS) is 10.1. The summed E-state index contributed by atoms with van der Waals surface area (Å²) in [6.07, 6.45) is 0. The summed E-state index contributed by atoms with van der Waals surface area (Å²) in [5.41, 5.74) is 3.17. The lowest BCUT2D eigenvalue weighted by Gasteiger charge is -2.14. The first-order valence-corrected chi connectivity index (χ1v) is 5.96. The van der Waals surface area contributed by atoms with Crippen molar-refractivity contribution in [3.05, 3.63) is 48.0 Å². The smallest absolute Gasteiger partial charge is 0.189 e. The zero-order valence-electron chi connectivity index (χ0n) is 9.47. The Balaban J connectivity index is 2.30. The Kier molecular flexibility index (Phi) is 3.06. The molecule has 2 rings (SSSR count). The van der Waals surface area contributed by atoms with Gasteiger partial charge in [-0.3, -0.25) is 0 Å². The molecule has 0 saturated heterocycles. The second-order valence-electron chi connectivity index (χ2n) is 3.68. The van der Waals surface area contributed by atoms with Crippen LogP contribution in [-0.4, -0.2) is 12.0 Å². The number of rotatable bonds is 3. The predicted molar refractivity (Wildman–Crippen MR) is 70.8 cm³/mol. The highest BCUT2D eigenvalue weighted by Crippen LogP contribution is 2.27. The van der Waals surface area contributed by atoms with E-state index >= 15 is 0 Å². The molecule has 1 aromatic carbocycles. The van der Waals surface area contributed by atoms with Crippen molar-refractivity contribution in [2.24, 2.45) is 0 Å². The SMILES string of the molecule is C=C(C)N(C)c1nc(-c2ccccc2)cs1. The third-order valence-corrected chi connectivity index (χ3v) is 3.34. The molecule has 0 aliphatic carbocycles. The molecule has 0 saturated carbocycles. The molecule has 0 atom stereocenters. The van der Waals surface area contributed by atoms with Crippen LogP contribution in [0.25, 0.3) is 11.3 Å². The number of nitrogens with zero attached hydrogens (tertiary/aromatic N) is 2. The van der Waals surface area contributed by atoms with Gasteiger partial charge in [0.15, 0.2) is 5.13 Å². The minimum absolute atomic E-state index is 0.978. The van der Waals surface area contributed by atoms with Gasteiger partial charge in [0.2, 0.25) is 0 Å². The molecule has 2 aromatic rings. The zero-order chi connectivity index (χ0) is 11.5. The molecule has 2 nitrogen and oxygen atoms in total. The van der Waals surface area contributed by atoms with Gasteiger partial charge in [-0.25, -0.2) is 4.98 Å². The molecule has 0 unspecified atom stereocenters. The van der Waals surface area contributed by atoms with Gasteiger partial charge in [-0.05, 0) is 6.92 Å². The molecule has 82 valence electrons. The molecule has 0 aliphatic rings. The highest BCUT2D eigenvalue weighted by atomic mass is 32.1. The number of benzene rings is 1. The zero-order valence-corrected chi connectivity index (χ0v) is 10.3. The van der Waals surface area contributed by atoms with Crippen LogP contribution in [-0.2, 0) is 0 Å². The number of anilines is 1. The molecule has 3 heteroatoms. The molecule has 0 aliphatic heterocycles. The van der Waals surface area contributed by atoms with Gasteiger partial charge < -0.3 is 4.90 Å². The van der Waals surface area contributed by atoms with Crippen molar-refractivity contribution in [1.82, 2.24) is 4.98 Å². The first kappa shape index (κ1) is 10.9. The summed E-state index contributed by atoms with van der Waals surface area (Å²) in [7, 11) is 1.98. The largest absolute Gasteiger partial charge is 0.326 e. The summed E-state index contributed by atoms with van der Waals surface area (Å²) in [6, 6.07) is 10.2. The second-order valence-corrected chi connectivity index (χ2v) is 4.51. The lowest BCUT2D eigenvalue weighted by atomic mass is 10.2. The molecule has 0 radical (unpaired) electrons. The number of thiazole rings is 1. The van der Waals surface area contributed by atoms with Crippen LogP contribution in [0.4, 0.5) is 5.13 Å². The predicted octanol–water partition coefficient (Wildman–Crippen LogP) is 3.78. The molecule has 1 aromatic heterocycles. The fourth-order valence-corrected chi connectivity index (χ4v) is 2.19. The van der Waals surface area contributed by atoms with Gasteiger partial charge in [-0.2, -0.15) is 0 Å². The minimum Gasteiger partial charge on any atom is -0.326 e. The van der Waals surface area contributed by atoms with E-state index in [4.69, 9.17) is 0 Å². The Morgan fingerprint density at radius 2 is 2.00 bits per heavy atom. The molecule has 0 spiro atoms. The van der Waals surface area contributed by atoms with E-state index in [1.165, 1.54) is 0 Å². The fraction of sp³-hybridized carbons (Fsp3) is 0.154. The van der Waals surface area contributed by atoms with E-state index in [0.29, 0.717) is 0 Å². The van der Waals surface area contributed by atoms with Crippen molar-refractivity contribution in [3.8, 4) is 11.3 Å². The summed E-state index contributed by atoms with van der Waals surface area (Å²) < 4.78 is 0. The van der Waals surface area contributed by atoms with Crippen molar-refractivity contribution >= 4 is 16.5 Å². The van der Waals surface area contributed by atoms with Crippen molar-refractivity contribution in [1.29, 1.82) is 0 Å². The van der Waals surface area contributed by atoms with Crippen LogP contribution in [0.1, 0.15) is 6.92 Å². The lowest BCUT2D eigenvalue weighted by molar-refractivity contribution is 1.08. The standard InChI is InChI=1S/C13H14N2S/c1-10(2)15(3)13-14-12(9-16-13)11-7-5-4-6-8-11/h4-9H,1H2,2-3H3. The van der Waals surface area contributed by atoms with E-state index in [1.54, 1.807) is 11.3 Å². The van der Waals surface area contributed by atoms with Crippen LogP contribution in [0.5, 0.6) is 0 Å². The Labute approximate surface area is 99.9 Å². The monoisotopic (exact) mass is 230 g/mol. The molecule has 0 bridgehead atoms. The van der Waals surface area contributed by atoms with E-state index in [9.17, 15) is 0 Å². The van der Waals surface area contributed by atoms with Crippen LogP contribution in [0.2, 0.25) is 0 Å². The van der Waals surface area contributed by atoms with Gasteiger partial charge >= 0.3 is 0 Å². The first-order chi connectivity index (χ1) is 7.68. The van der Waals surface area contributed by atoms with Gasteiger partial charge in [0.05, 0.1) is 5.69 Å². The fourth-order valence-electron chi connectivity index (χ4n) is 1.32. The molecule has 1 heterocycles. The third kappa shape index (κ3) is 2.14. The Morgan fingerprint density at radius 1 is 1.31 bits per heavy atom. The highest BCUT2D eigenvalue weighted by Gasteiger charge is 2.08. The number of hydrogen-bond donors (Lipinski definition) is 0. The van der Waals surface area contributed by atoms with E-state index in [-0.39, 0.29) is 0 Å². The van der Waals surface area contributed by atoms with Gasteiger partial charge in [0, 0.05) is 23.7 Å². The number of aromatic nitrogens is 1. The molecular formula is C13H14N2S. The summed E-state index contributed by atoms with van der Waals surface area (Å²) in [5, 5.41) is 3.05. The molecule has 0 amide bonds. The van der Waals surface area contributed by atoms with Crippen LogP contribution < -0.4 is 4.90 Å². The van der Waals surface area contributed by atoms with Crippen molar-refractivity contribution in [2.45, 2.75) is 6.92 Å². The highest BCUT2D eigenvalue weighted by molar-refractivity contribution is 7.14. The van der Waals surface area contributed by atoms with Crippen molar-refractivity contribution < 1.29 is 0 Å². The summed E-state index contributed by atoms with van der Waals surface area (Å²) in [4.78, 5) is 6.58. The molecule has 0 N–H and O–H groups in total. The van der Waals surface area contributed by atoms with Gasteiger partial charge in [0.25, 0.3) is 0 Å². The average Bonchev–Trinajstić information content (AvgIpc) is 2.78. The maximum Gasteiger partial charge on any atom is 0.189 e. The molecular weight excluding hydrogens is 216 g/mol. The topological polar surface area (TPSA) is 16.1 Å². The van der Waals surface area contributed by atoms with Crippen LogP contribution in [0.3, 0.4) is 0 Å². The minimum atomic E-state index is 0.978. The van der Waals surface area contributed by atoms with E-state index in [1.807, 2.05) is 37.1 Å². The van der Waals surface area contributed by atoms with Gasteiger partial charge in [0.1, 0.15) is 0 Å². The van der Waals surface area contributed by atoms with Crippen molar-refractivity contribution in [3.63, 3.8) is 0 Å². The van der Waals surface area contributed by atoms with E-state index in [2.05, 4.69) is 29.1 Å². The molecule has 16 heavy (non-hydrogen) atoms. The summed E-state index contributed by atoms with van der Waals surface area (Å²) in [6.45, 7) is 5.88. The summed E-state index contributed by atoms with van der Waals surface area (Å²) in [5.74, 6) is 0. The number of hydrogen-bond acceptors (Lipinski definition) is 3. The van der Waals surface area contributed by atoms with Gasteiger partial charge in [-0.1, -0.05) is 36.9 Å². The maximum absolute atomic E-state index is 4.59. The van der Waals surface area contributed by atoms with Crippen molar-refractivity contribution in [2.75, 3.05) is 11.9 Å². The third-order valence-electron chi connectivity index (χ3n) is 2.42. The second kappa shape index (κ2) is 4.49. The Hall–Kier alpha value is -1.61. The van der Waals surface area contributed by atoms with E-state index < -0.39 is 0 Å². The Morgan fingerprint density at radius 3 is 2.62 bits per heavy atom.